The van der Waals surface area contributed by atoms with E-state index < -0.39 is 5.97 Å². The van der Waals surface area contributed by atoms with Gasteiger partial charge in [-0.2, -0.15) is 0 Å². The van der Waals surface area contributed by atoms with Crippen LogP contribution in [0, 0.1) is 0 Å². The monoisotopic (exact) mass is 325 g/mol. The zero-order chi connectivity index (χ0) is 15.2. The van der Waals surface area contributed by atoms with Crippen molar-refractivity contribution in [1.29, 1.82) is 0 Å². The van der Waals surface area contributed by atoms with Crippen LogP contribution in [0.15, 0.2) is 6.07 Å². The minimum absolute atomic E-state index is 0.0509. The summed E-state index contributed by atoms with van der Waals surface area (Å²) in [6.07, 6.45) is 0. The molecule has 0 amide bonds. The van der Waals surface area contributed by atoms with E-state index >= 15 is 0 Å². The summed E-state index contributed by atoms with van der Waals surface area (Å²) in [5.74, 6) is -1.25. The molecule has 1 heterocycles. The molecule has 0 saturated heterocycles. The Morgan fingerprint density at radius 1 is 1.32 bits per heavy atom. The van der Waals surface area contributed by atoms with Gasteiger partial charge in [-0.25, -0.2) is 0 Å². The van der Waals surface area contributed by atoms with E-state index in [9.17, 15) is 9.90 Å². The lowest BCUT2D eigenvalue weighted by Gasteiger charge is -2.25. The maximum atomic E-state index is 10.1. The number of carbonyl (C=O) groups is 1. The van der Waals surface area contributed by atoms with Crippen LogP contribution in [0.4, 0.5) is 0 Å². The van der Waals surface area contributed by atoms with Crippen molar-refractivity contribution >= 4 is 40.5 Å². The lowest BCUT2D eigenvalue weighted by atomic mass is 10.2. The second-order valence-corrected chi connectivity index (χ2v) is 6.82. The van der Waals surface area contributed by atoms with E-state index in [4.69, 9.17) is 23.2 Å². The fourth-order valence-electron chi connectivity index (χ4n) is 1.93. The number of quaternary nitrogens is 1. The van der Waals surface area contributed by atoms with Gasteiger partial charge in [0.1, 0.15) is 4.34 Å². The summed E-state index contributed by atoms with van der Waals surface area (Å²) in [7, 11) is 0. The molecule has 0 atom stereocenters. The van der Waals surface area contributed by atoms with Crippen LogP contribution in [-0.2, 0) is 0 Å². The van der Waals surface area contributed by atoms with Crippen LogP contribution in [0.5, 0.6) is 0 Å². The fourth-order valence-corrected chi connectivity index (χ4v) is 3.13. The van der Waals surface area contributed by atoms with Crippen LogP contribution < -0.4 is 10.0 Å². The Morgan fingerprint density at radius 2 is 1.79 bits per heavy atom. The molecule has 0 fully saturated rings. The van der Waals surface area contributed by atoms with Crippen molar-refractivity contribution in [3.05, 3.63) is 20.3 Å². The summed E-state index contributed by atoms with van der Waals surface area (Å²) in [5.41, 5.74) is 0. The van der Waals surface area contributed by atoms with Gasteiger partial charge in [-0.1, -0.05) is 23.2 Å². The van der Waals surface area contributed by atoms with Gasteiger partial charge in [-0.15, -0.1) is 11.3 Å². The van der Waals surface area contributed by atoms with Crippen molar-refractivity contribution in [3.8, 4) is 0 Å². The van der Waals surface area contributed by atoms with Gasteiger partial charge in [-0.05, 0) is 40.7 Å². The summed E-state index contributed by atoms with van der Waals surface area (Å²) in [6.45, 7) is 12.6. The minimum Gasteiger partial charge on any atom is -0.544 e. The number of hydrogen-bond acceptors (Lipinski definition) is 3. The van der Waals surface area contributed by atoms with Gasteiger partial charge in [0.25, 0.3) is 0 Å². The Morgan fingerprint density at radius 3 is 1.89 bits per heavy atom. The topological polar surface area (TPSA) is 44.6 Å². The van der Waals surface area contributed by atoms with Crippen LogP contribution in [0.3, 0.4) is 0 Å². The Labute approximate surface area is 129 Å². The normalized spacial score (nSPS) is 10.8. The Hall–Kier alpha value is -0.290. The van der Waals surface area contributed by atoms with Crippen molar-refractivity contribution < 1.29 is 14.8 Å². The van der Waals surface area contributed by atoms with Gasteiger partial charge >= 0.3 is 0 Å². The molecule has 6 heteroatoms. The average molecular weight is 326 g/mol. The summed E-state index contributed by atoms with van der Waals surface area (Å²) in [6, 6.07) is 2.81. The molecular formula is C13H21Cl2NO2S. The number of carbonyl (C=O) groups excluding carboxylic acids is 1. The molecule has 0 aromatic carbocycles. The van der Waals surface area contributed by atoms with Gasteiger partial charge in [0.2, 0.25) is 0 Å². The highest BCUT2D eigenvalue weighted by molar-refractivity contribution is 7.18. The summed E-state index contributed by atoms with van der Waals surface area (Å²) in [4.78, 5) is 11.9. The van der Waals surface area contributed by atoms with Crippen LogP contribution in [0.25, 0.3) is 0 Å². The highest BCUT2D eigenvalue weighted by atomic mass is 35.5. The van der Waals surface area contributed by atoms with Crippen molar-refractivity contribution in [1.82, 2.24) is 0 Å². The predicted molar refractivity (Wildman–Crippen MR) is 80.4 cm³/mol. The van der Waals surface area contributed by atoms with Crippen molar-refractivity contribution in [2.24, 2.45) is 0 Å². The Balaban J connectivity index is 0.000000344. The smallest absolute Gasteiger partial charge is 0.112 e. The van der Waals surface area contributed by atoms with Gasteiger partial charge in [0, 0.05) is 0 Å². The summed E-state index contributed by atoms with van der Waals surface area (Å²) in [5, 5.41) is 10.4. The second kappa shape index (κ2) is 8.80. The lowest BCUT2D eigenvalue weighted by Crippen LogP contribution is -3.17. The number of halogens is 2. The highest BCUT2D eigenvalue weighted by Crippen LogP contribution is 2.30. The van der Waals surface area contributed by atoms with Gasteiger partial charge < -0.3 is 14.8 Å². The van der Waals surface area contributed by atoms with Gasteiger partial charge in [0.05, 0.1) is 34.5 Å². The van der Waals surface area contributed by atoms with Gasteiger partial charge in [-0.3, -0.25) is 0 Å². The van der Waals surface area contributed by atoms with Crippen LogP contribution in [0.2, 0.25) is 9.36 Å². The first-order valence-corrected chi connectivity index (χ1v) is 7.79. The van der Waals surface area contributed by atoms with Crippen LogP contribution in [0.1, 0.15) is 44.3 Å². The molecule has 0 aliphatic carbocycles. The molecule has 0 bridgehead atoms. The maximum Gasteiger partial charge on any atom is 0.112 e. The molecule has 1 aromatic rings. The molecule has 0 spiro atoms. The molecule has 19 heavy (non-hydrogen) atoms. The summed E-state index contributed by atoms with van der Waals surface area (Å²) < 4.78 is 0.279. The number of thiophene rings is 1. The number of carboxylic acids is 1. The van der Waals surface area contributed by atoms with Crippen molar-refractivity contribution in [3.63, 3.8) is 0 Å². The lowest BCUT2D eigenvalue weighted by molar-refractivity contribution is -0.940. The first-order chi connectivity index (χ1) is 8.70. The van der Waals surface area contributed by atoms with Crippen molar-refractivity contribution in [2.45, 2.75) is 46.7 Å². The molecule has 0 aliphatic heterocycles. The highest BCUT2D eigenvalue weighted by Gasteiger charge is 2.13. The number of carboxylic acid groups (broad SMARTS) is 1. The largest absolute Gasteiger partial charge is 0.544 e. The average Bonchev–Trinajstić information content (AvgIpc) is 2.60. The Kier molecular flexibility index (Phi) is 8.66. The predicted octanol–water partition coefficient (Wildman–Crippen LogP) is 2.13. The molecule has 1 N–H and O–H groups in total. The fraction of sp³-hybridized carbons (Fsp3) is 0.615. The van der Waals surface area contributed by atoms with E-state index in [1.165, 1.54) is 12.6 Å². The quantitative estimate of drug-likeness (QED) is 0.921. The molecule has 3 nitrogen and oxygen atoms in total. The molecule has 0 radical (unpaired) electrons. The number of nitrogens with one attached hydrogen (secondary N) is 1. The van der Waals surface area contributed by atoms with E-state index in [1.807, 2.05) is 0 Å². The third-order valence-electron chi connectivity index (χ3n) is 2.74. The SMILES string of the molecule is CC[NH+](C(C)C)C(C)C.O=C([O-])c1cc(Cl)c(Cl)s1. The van der Waals surface area contributed by atoms with E-state index in [2.05, 4.69) is 34.6 Å². The third-order valence-corrected chi connectivity index (χ3v) is 4.58. The second-order valence-electron chi connectivity index (χ2n) is 4.76. The van der Waals surface area contributed by atoms with Gasteiger partial charge in [0.15, 0.2) is 0 Å². The molecule has 0 unspecified atom stereocenters. The van der Waals surface area contributed by atoms with Crippen LogP contribution >= 0.6 is 34.5 Å². The Bertz CT molecular complexity index is 378. The molecule has 0 saturated carbocycles. The zero-order valence-electron chi connectivity index (χ0n) is 11.9. The maximum absolute atomic E-state index is 10.1. The standard InChI is InChI=1S/C8H19N.C5H2Cl2O2S/c1-6-9(7(2)3)8(4)5;6-2-1-3(5(8)9)10-4(2)7/h7-8H,6H2,1-5H3;1H,(H,8,9). The molecule has 1 aromatic heterocycles. The van der Waals surface area contributed by atoms with Crippen LogP contribution in [-0.4, -0.2) is 24.6 Å². The van der Waals surface area contributed by atoms with E-state index in [-0.39, 0.29) is 14.2 Å². The molecule has 0 aliphatic rings. The number of hydrogen-bond donors (Lipinski definition) is 1. The molecule has 1 rings (SSSR count). The number of aromatic carboxylic acids is 1. The first-order valence-electron chi connectivity index (χ1n) is 6.22. The zero-order valence-corrected chi connectivity index (χ0v) is 14.2. The minimum atomic E-state index is -1.25. The van der Waals surface area contributed by atoms with E-state index in [0.717, 1.165) is 23.4 Å². The number of rotatable bonds is 4. The van der Waals surface area contributed by atoms with Crippen molar-refractivity contribution in [2.75, 3.05) is 6.54 Å². The first kappa shape index (κ1) is 18.7. The van der Waals surface area contributed by atoms with E-state index in [0.29, 0.717) is 0 Å². The molecular weight excluding hydrogens is 305 g/mol. The van der Waals surface area contributed by atoms with E-state index in [1.54, 1.807) is 4.90 Å². The third kappa shape index (κ3) is 6.61. The molecule has 110 valence electrons. The summed E-state index contributed by atoms with van der Waals surface area (Å²) >= 11 is 11.8.